The molecule has 0 aliphatic heterocycles. The van der Waals surface area contributed by atoms with Gasteiger partial charge in [0.2, 0.25) is 0 Å². The van der Waals surface area contributed by atoms with Crippen molar-refractivity contribution in [2.24, 2.45) is 5.73 Å². The second-order valence-corrected chi connectivity index (χ2v) is 4.84. The van der Waals surface area contributed by atoms with Crippen LogP contribution in [0.1, 0.15) is 11.6 Å². The van der Waals surface area contributed by atoms with Crippen molar-refractivity contribution in [1.29, 1.82) is 0 Å². The van der Waals surface area contributed by atoms with Crippen molar-refractivity contribution < 1.29 is 9.50 Å². The Morgan fingerprint density at radius 2 is 2.12 bits per heavy atom. The fourth-order valence-corrected chi connectivity index (χ4v) is 2.11. The van der Waals surface area contributed by atoms with E-state index in [0.29, 0.717) is 5.56 Å². The van der Waals surface area contributed by atoms with Crippen molar-refractivity contribution in [2.45, 2.75) is 12.1 Å². The van der Waals surface area contributed by atoms with Crippen LogP contribution < -0.4 is 5.73 Å². The molecule has 0 saturated carbocycles. The molecular formula is C11H16BrFN2O. The van der Waals surface area contributed by atoms with Crippen molar-refractivity contribution in [2.75, 3.05) is 20.7 Å². The number of benzene rings is 1. The maximum absolute atomic E-state index is 13.7. The first-order valence-electron chi connectivity index (χ1n) is 4.95. The number of hydrogen-bond acceptors (Lipinski definition) is 3. The summed E-state index contributed by atoms with van der Waals surface area (Å²) in [7, 11) is 3.61. The predicted molar refractivity (Wildman–Crippen MR) is 65.6 cm³/mol. The van der Waals surface area contributed by atoms with E-state index in [1.807, 2.05) is 0 Å². The lowest BCUT2D eigenvalue weighted by Crippen LogP contribution is -2.40. The minimum atomic E-state index is -0.515. The summed E-state index contributed by atoms with van der Waals surface area (Å²) in [5.41, 5.74) is 6.28. The van der Waals surface area contributed by atoms with Crippen molar-refractivity contribution in [3.05, 3.63) is 34.1 Å². The summed E-state index contributed by atoms with van der Waals surface area (Å²) in [6.07, 6.45) is 0. The SMILES string of the molecule is CN(C)C(c1cc(Br)ccc1F)C(N)CO. The molecule has 0 bridgehead atoms. The zero-order valence-electron chi connectivity index (χ0n) is 9.32. The normalized spacial score (nSPS) is 15.2. The molecule has 0 aliphatic carbocycles. The number of nitrogens with zero attached hydrogens (tertiary/aromatic N) is 1. The van der Waals surface area contributed by atoms with Crippen LogP contribution in [0.15, 0.2) is 22.7 Å². The summed E-state index contributed by atoms with van der Waals surface area (Å²) in [5.74, 6) is -0.314. The van der Waals surface area contributed by atoms with Crippen LogP contribution in [-0.4, -0.2) is 36.8 Å². The van der Waals surface area contributed by atoms with Gasteiger partial charge in [-0.05, 0) is 32.3 Å². The van der Waals surface area contributed by atoms with Crippen LogP contribution in [0.2, 0.25) is 0 Å². The number of halogens is 2. The molecule has 0 spiro atoms. The van der Waals surface area contributed by atoms with Gasteiger partial charge in [0, 0.05) is 16.1 Å². The number of rotatable bonds is 4. The van der Waals surface area contributed by atoms with E-state index in [2.05, 4.69) is 15.9 Å². The smallest absolute Gasteiger partial charge is 0.128 e. The molecule has 1 aromatic rings. The second kappa shape index (κ2) is 5.72. The molecule has 0 heterocycles. The number of likely N-dealkylation sites (N-methyl/N-ethyl adjacent to an activating group) is 1. The molecule has 0 fully saturated rings. The first-order valence-corrected chi connectivity index (χ1v) is 5.74. The van der Waals surface area contributed by atoms with Crippen molar-refractivity contribution in [1.82, 2.24) is 4.90 Å². The van der Waals surface area contributed by atoms with E-state index in [9.17, 15) is 4.39 Å². The summed E-state index contributed by atoms with van der Waals surface area (Å²) in [6.45, 7) is -0.186. The Hall–Kier alpha value is -0.490. The summed E-state index contributed by atoms with van der Waals surface area (Å²) in [4.78, 5) is 1.80. The predicted octanol–water partition coefficient (Wildman–Crippen LogP) is 1.51. The summed E-state index contributed by atoms with van der Waals surface area (Å²) in [5, 5.41) is 9.09. The molecule has 1 rings (SSSR count). The van der Waals surface area contributed by atoms with Crippen LogP contribution in [-0.2, 0) is 0 Å². The highest BCUT2D eigenvalue weighted by Gasteiger charge is 2.24. The van der Waals surface area contributed by atoms with Gasteiger partial charge in [0.15, 0.2) is 0 Å². The van der Waals surface area contributed by atoms with Crippen LogP contribution >= 0.6 is 15.9 Å². The number of aliphatic hydroxyl groups excluding tert-OH is 1. The molecule has 3 N–H and O–H groups in total. The van der Waals surface area contributed by atoms with Gasteiger partial charge in [-0.1, -0.05) is 15.9 Å². The van der Waals surface area contributed by atoms with E-state index in [0.717, 1.165) is 4.47 Å². The lowest BCUT2D eigenvalue weighted by molar-refractivity contribution is 0.178. The van der Waals surface area contributed by atoms with Gasteiger partial charge >= 0.3 is 0 Å². The maximum atomic E-state index is 13.7. The lowest BCUT2D eigenvalue weighted by Gasteiger charge is -2.29. The third kappa shape index (κ3) is 3.01. The summed E-state index contributed by atoms with van der Waals surface area (Å²) < 4.78 is 14.5. The van der Waals surface area contributed by atoms with Gasteiger partial charge in [0.25, 0.3) is 0 Å². The van der Waals surface area contributed by atoms with Gasteiger partial charge in [-0.25, -0.2) is 4.39 Å². The molecule has 3 nitrogen and oxygen atoms in total. The van der Waals surface area contributed by atoms with Crippen LogP contribution in [0.5, 0.6) is 0 Å². The molecule has 0 aromatic heterocycles. The number of hydrogen-bond donors (Lipinski definition) is 2. The highest BCUT2D eigenvalue weighted by atomic mass is 79.9. The average Bonchev–Trinajstić information content (AvgIpc) is 2.22. The Labute approximate surface area is 103 Å². The molecular weight excluding hydrogens is 275 g/mol. The Morgan fingerprint density at radius 3 is 2.62 bits per heavy atom. The van der Waals surface area contributed by atoms with E-state index in [1.165, 1.54) is 6.07 Å². The monoisotopic (exact) mass is 290 g/mol. The zero-order chi connectivity index (χ0) is 12.3. The van der Waals surface area contributed by atoms with Gasteiger partial charge in [-0.15, -0.1) is 0 Å². The molecule has 2 atom stereocenters. The van der Waals surface area contributed by atoms with Crippen LogP contribution in [0.3, 0.4) is 0 Å². The molecule has 0 aliphatic rings. The topological polar surface area (TPSA) is 49.5 Å². The summed E-state index contributed by atoms with van der Waals surface area (Å²) >= 11 is 3.30. The van der Waals surface area contributed by atoms with Gasteiger partial charge in [-0.2, -0.15) is 0 Å². The fraction of sp³-hybridized carbons (Fsp3) is 0.455. The Balaban J connectivity index is 3.15. The molecule has 1 aromatic carbocycles. The van der Waals surface area contributed by atoms with Crippen molar-refractivity contribution in [3.63, 3.8) is 0 Å². The van der Waals surface area contributed by atoms with Crippen molar-refractivity contribution >= 4 is 15.9 Å². The minimum Gasteiger partial charge on any atom is -0.395 e. The fourth-order valence-electron chi connectivity index (χ4n) is 1.73. The minimum absolute atomic E-state index is 0.186. The standard InChI is InChI=1S/C11H16BrFN2O/c1-15(2)11(10(14)6-16)8-5-7(12)3-4-9(8)13/h3-5,10-11,16H,6,14H2,1-2H3. The second-order valence-electron chi connectivity index (χ2n) is 3.92. The average molecular weight is 291 g/mol. The van der Waals surface area contributed by atoms with Crippen LogP contribution in [0.25, 0.3) is 0 Å². The van der Waals surface area contributed by atoms with E-state index in [1.54, 1.807) is 31.1 Å². The third-order valence-corrected chi connectivity index (χ3v) is 2.94. The molecule has 2 unspecified atom stereocenters. The Bertz CT molecular complexity index is 360. The van der Waals surface area contributed by atoms with E-state index in [-0.39, 0.29) is 18.5 Å². The maximum Gasteiger partial charge on any atom is 0.128 e. The van der Waals surface area contributed by atoms with Gasteiger partial charge in [0.1, 0.15) is 5.82 Å². The number of aliphatic hydroxyl groups is 1. The third-order valence-electron chi connectivity index (χ3n) is 2.45. The molecule has 16 heavy (non-hydrogen) atoms. The molecule has 90 valence electrons. The Morgan fingerprint density at radius 1 is 1.50 bits per heavy atom. The summed E-state index contributed by atoms with van der Waals surface area (Å²) in [6, 6.07) is 3.85. The molecule has 5 heteroatoms. The quantitative estimate of drug-likeness (QED) is 0.884. The van der Waals surface area contributed by atoms with E-state index >= 15 is 0 Å². The first-order chi connectivity index (χ1) is 7.47. The van der Waals surface area contributed by atoms with E-state index < -0.39 is 6.04 Å². The Kier molecular flexibility index (Phi) is 4.86. The molecule has 0 amide bonds. The van der Waals surface area contributed by atoms with Crippen LogP contribution in [0.4, 0.5) is 4.39 Å². The first kappa shape index (κ1) is 13.6. The highest BCUT2D eigenvalue weighted by molar-refractivity contribution is 9.10. The van der Waals surface area contributed by atoms with Gasteiger partial charge < -0.3 is 15.7 Å². The number of nitrogens with two attached hydrogens (primary N) is 1. The molecule has 0 saturated heterocycles. The lowest BCUT2D eigenvalue weighted by atomic mass is 9.99. The zero-order valence-corrected chi connectivity index (χ0v) is 10.9. The van der Waals surface area contributed by atoms with E-state index in [4.69, 9.17) is 10.8 Å². The van der Waals surface area contributed by atoms with Crippen molar-refractivity contribution in [3.8, 4) is 0 Å². The van der Waals surface area contributed by atoms with Gasteiger partial charge in [0.05, 0.1) is 12.6 Å². The highest BCUT2D eigenvalue weighted by Crippen LogP contribution is 2.26. The van der Waals surface area contributed by atoms with Crippen LogP contribution in [0, 0.1) is 5.82 Å². The molecule has 0 radical (unpaired) electrons. The van der Waals surface area contributed by atoms with Gasteiger partial charge in [-0.3, -0.25) is 0 Å². The largest absolute Gasteiger partial charge is 0.395 e.